The van der Waals surface area contributed by atoms with Crippen molar-refractivity contribution in [2.75, 3.05) is 11.4 Å². The van der Waals surface area contributed by atoms with Crippen LogP contribution in [0.3, 0.4) is 0 Å². The summed E-state index contributed by atoms with van der Waals surface area (Å²) in [6.07, 6.45) is 7.64. The maximum Gasteiger partial charge on any atom is 0.130 e. The first-order chi connectivity index (χ1) is 9.31. The highest BCUT2D eigenvalue weighted by atomic mass is 19.1. The highest BCUT2D eigenvalue weighted by Crippen LogP contribution is 2.39. The van der Waals surface area contributed by atoms with Gasteiger partial charge >= 0.3 is 0 Å². The van der Waals surface area contributed by atoms with Crippen molar-refractivity contribution in [3.05, 3.63) is 29.6 Å². The fourth-order valence-corrected chi connectivity index (χ4v) is 3.90. The lowest BCUT2D eigenvalue weighted by molar-refractivity contribution is 0.240. The molecule has 2 atom stereocenters. The van der Waals surface area contributed by atoms with Gasteiger partial charge in [0.1, 0.15) is 5.82 Å². The van der Waals surface area contributed by atoms with Crippen LogP contribution in [-0.2, 0) is 6.61 Å². The summed E-state index contributed by atoms with van der Waals surface area (Å²) < 4.78 is 13.8. The average molecular weight is 263 g/mol. The fourth-order valence-electron chi connectivity index (χ4n) is 3.90. The predicted octanol–water partition coefficient (Wildman–Crippen LogP) is 3.48. The Bertz CT molecular complexity index is 446. The van der Waals surface area contributed by atoms with E-state index in [2.05, 4.69) is 4.90 Å². The first-order valence-electron chi connectivity index (χ1n) is 7.46. The van der Waals surface area contributed by atoms with Gasteiger partial charge in [-0.3, -0.25) is 0 Å². The predicted molar refractivity (Wildman–Crippen MR) is 74.6 cm³/mol. The minimum Gasteiger partial charge on any atom is -0.391 e. The van der Waals surface area contributed by atoms with Crippen molar-refractivity contribution >= 4 is 5.69 Å². The van der Waals surface area contributed by atoms with Crippen LogP contribution in [0.5, 0.6) is 0 Å². The zero-order valence-electron chi connectivity index (χ0n) is 11.3. The number of fused-ring (bicyclic) bond motifs is 1. The second kappa shape index (κ2) is 5.49. The zero-order valence-corrected chi connectivity index (χ0v) is 11.3. The van der Waals surface area contributed by atoms with Gasteiger partial charge in [0.15, 0.2) is 0 Å². The lowest BCUT2D eigenvalue weighted by atomic mass is 9.78. The van der Waals surface area contributed by atoms with E-state index in [0.29, 0.717) is 11.6 Å². The second-order valence-corrected chi connectivity index (χ2v) is 5.84. The van der Waals surface area contributed by atoms with Crippen molar-refractivity contribution in [2.24, 2.45) is 5.92 Å². The third kappa shape index (κ3) is 2.36. The number of hydrogen-bond acceptors (Lipinski definition) is 2. The van der Waals surface area contributed by atoms with Crippen molar-refractivity contribution < 1.29 is 9.50 Å². The van der Waals surface area contributed by atoms with E-state index in [1.54, 1.807) is 6.07 Å². The normalized spacial score (nSPS) is 27.2. The van der Waals surface area contributed by atoms with Gasteiger partial charge in [-0.05, 0) is 43.7 Å². The van der Waals surface area contributed by atoms with E-state index in [0.717, 1.165) is 18.2 Å². The molecule has 0 amide bonds. The molecule has 2 aliphatic rings. The van der Waals surface area contributed by atoms with E-state index in [9.17, 15) is 9.50 Å². The van der Waals surface area contributed by atoms with Crippen LogP contribution in [0, 0.1) is 11.7 Å². The van der Waals surface area contributed by atoms with Crippen LogP contribution in [0.1, 0.15) is 44.1 Å². The van der Waals surface area contributed by atoms with E-state index >= 15 is 0 Å². The first kappa shape index (κ1) is 12.9. The molecule has 0 spiro atoms. The number of aliphatic hydroxyl groups excluding tert-OH is 1. The molecule has 1 N–H and O–H groups in total. The monoisotopic (exact) mass is 263 g/mol. The summed E-state index contributed by atoms with van der Waals surface area (Å²) in [5.41, 5.74) is 1.38. The van der Waals surface area contributed by atoms with Crippen LogP contribution in [-0.4, -0.2) is 17.7 Å². The van der Waals surface area contributed by atoms with Crippen LogP contribution in [0.15, 0.2) is 18.2 Å². The molecule has 2 nitrogen and oxygen atoms in total. The molecule has 19 heavy (non-hydrogen) atoms. The highest BCUT2D eigenvalue weighted by Gasteiger charge is 2.34. The molecule has 104 valence electrons. The van der Waals surface area contributed by atoms with Gasteiger partial charge in [0.25, 0.3) is 0 Å². The molecule has 0 radical (unpaired) electrons. The highest BCUT2D eigenvalue weighted by molar-refractivity contribution is 5.55. The van der Waals surface area contributed by atoms with Crippen molar-refractivity contribution in [1.82, 2.24) is 0 Å². The van der Waals surface area contributed by atoms with Gasteiger partial charge in [-0.25, -0.2) is 4.39 Å². The summed E-state index contributed by atoms with van der Waals surface area (Å²) in [7, 11) is 0. The topological polar surface area (TPSA) is 23.5 Å². The van der Waals surface area contributed by atoms with Crippen LogP contribution >= 0.6 is 0 Å². The minimum absolute atomic E-state index is 0.212. The van der Waals surface area contributed by atoms with Crippen LogP contribution in [0.4, 0.5) is 10.1 Å². The molecule has 1 aromatic rings. The number of anilines is 1. The van der Waals surface area contributed by atoms with Gasteiger partial charge in [0, 0.05) is 23.8 Å². The zero-order chi connectivity index (χ0) is 13.2. The average Bonchev–Trinajstić information content (AvgIpc) is 2.46. The summed E-state index contributed by atoms with van der Waals surface area (Å²) in [5, 5.41) is 9.46. The van der Waals surface area contributed by atoms with Crippen LogP contribution in [0.25, 0.3) is 0 Å². The molecular weight excluding hydrogens is 241 g/mol. The molecule has 1 heterocycles. The molecule has 1 aliphatic heterocycles. The number of aliphatic hydroxyl groups is 1. The Kier molecular flexibility index (Phi) is 3.74. The Morgan fingerprint density at radius 3 is 2.79 bits per heavy atom. The molecule has 1 aliphatic carbocycles. The van der Waals surface area contributed by atoms with Crippen molar-refractivity contribution in [3.8, 4) is 0 Å². The number of hydrogen-bond donors (Lipinski definition) is 1. The van der Waals surface area contributed by atoms with E-state index in [-0.39, 0.29) is 12.4 Å². The number of benzene rings is 1. The molecule has 0 bridgehead atoms. The van der Waals surface area contributed by atoms with Crippen molar-refractivity contribution in [1.29, 1.82) is 0 Å². The maximum absolute atomic E-state index is 13.8. The number of halogens is 1. The number of piperidine rings is 1. The lowest BCUT2D eigenvalue weighted by Gasteiger charge is -2.46. The Morgan fingerprint density at radius 2 is 1.95 bits per heavy atom. The van der Waals surface area contributed by atoms with Gasteiger partial charge in [-0.15, -0.1) is 0 Å². The Hall–Kier alpha value is -1.09. The molecule has 0 unspecified atom stereocenters. The first-order valence-corrected chi connectivity index (χ1v) is 7.46. The Labute approximate surface area is 114 Å². The summed E-state index contributed by atoms with van der Waals surface area (Å²) >= 11 is 0. The van der Waals surface area contributed by atoms with E-state index in [1.807, 2.05) is 6.07 Å². The van der Waals surface area contributed by atoms with Crippen molar-refractivity contribution in [2.45, 2.75) is 51.2 Å². The smallest absolute Gasteiger partial charge is 0.130 e. The molecular formula is C16H22FNO. The van der Waals surface area contributed by atoms with Crippen molar-refractivity contribution in [3.63, 3.8) is 0 Å². The Morgan fingerprint density at radius 1 is 1.16 bits per heavy atom. The molecule has 1 saturated heterocycles. The van der Waals surface area contributed by atoms with Gasteiger partial charge in [0.2, 0.25) is 0 Å². The molecule has 2 fully saturated rings. The van der Waals surface area contributed by atoms with Crippen LogP contribution in [0.2, 0.25) is 0 Å². The SMILES string of the molecule is OCc1c(F)cccc1N1CCC[C@H]2CCCC[C@H]21. The molecule has 1 aromatic carbocycles. The summed E-state index contributed by atoms with van der Waals surface area (Å²) in [6.45, 7) is 0.785. The summed E-state index contributed by atoms with van der Waals surface area (Å²) in [4.78, 5) is 2.36. The second-order valence-electron chi connectivity index (χ2n) is 5.84. The Balaban J connectivity index is 1.94. The quantitative estimate of drug-likeness (QED) is 0.883. The fraction of sp³-hybridized carbons (Fsp3) is 0.625. The largest absolute Gasteiger partial charge is 0.391 e. The number of nitrogens with zero attached hydrogens (tertiary/aromatic N) is 1. The maximum atomic E-state index is 13.8. The molecule has 0 aromatic heterocycles. The van der Waals surface area contributed by atoms with Gasteiger partial charge < -0.3 is 10.0 Å². The number of rotatable bonds is 2. The third-order valence-electron chi connectivity index (χ3n) is 4.80. The third-order valence-corrected chi connectivity index (χ3v) is 4.80. The van der Waals surface area contributed by atoms with Gasteiger partial charge in [0.05, 0.1) is 6.61 Å². The lowest BCUT2D eigenvalue weighted by Crippen LogP contribution is -2.47. The van der Waals surface area contributed by atoms with E-state index in [4.69, 9.17) is 0 Å². The standard InChI is InChI=1S/C16H22FNO/c17-14-7-3-9-16(13(14)11-19)18-10-4-6-12-5-1-2-8-15(12)18/h3,7,9,12,15,19H,1-2,4-6,8,10-11H2/t12-,15-/m1/s1. The van der Waals surface area contributed by atoms with E-state index < -0.39 is 0 Å². The van der Waals surface area contributed by atoms with E-state index in [1.165, 1.54) is 44.6 Å². The minimum atomic E-state index is -0.280. The summed E-state index contributed by atoms with van der Waals surface area (Å²) in [6, 6.07) is 5.72. The molecule has 3 heteroatoms. The van der Waals surface area contributed by atoms with Crippen LogP contribution < -0.4 is 4.90 Å². The van der Waals surface area contributed by atoms with Gasteiger partial charge in [-0.1, -0.05) is 18.9 Å². The van der Waals surface area contributed by atoms with Gasteiger partial charge in [-0.2, -0.15) is 0 Å². The molecule has 3 rings (SSSR count). The molecule has 1 saturated carbocycles. The summed E-state index contributed by atoms with van der Waals surface area (Å²) in [5.74, 6) is 0.482.